The molecule has 0 radical (unpaired) electrons. The van der Waals surface area contributed by atoms with Crippen molar-refractivity contribution in [2.75, 3.05) is 10.6 Å². The number of aromatic nitrogens is 2. The van der Waals surface area contributed by atoms with E-state index in [1.54, 1.807) is 79.3 Å². The number of rotatable bonds is 9. The van der Waals surface area contributed by atoms with Gasteiger partial charge in [-0.3, -0.25) is 23.9 Å². The van der Waals surface area contributed by atoms with E-state index in [0.29, 0.717) is 22.6 Å². The van der Waals surface area contributed by atoms with Crippen LogP contribution in [0.1, 0.15) is 32.0 Å². The molecule has 0 fully saturated rings. The molecule has 0 aliphatic rings. The summed E-state index contributed by atoms with van der Waals surface area (Å²) < 4.78 is 3.14. The largest absolute Gasteiger partial charge is 0.340 e. The lowest BCUT2D eigenvalue weighted by Crippen LogP contribution is -2.46. The number of benzene rings is 4. The van der Waals surface area contributed by atoms with Crippen molar-refractivity contribution >= 4 is 29.1 Å². The number of carbonyl (C=O) groups excluding carboxylic acids is 3. The number of anilines is 2. The highest BCUT2D eigenvalue weighted by Gasteiger charge is 2.26. The van der Waals surface area contributed by atoms with Gasteiger partial charge in [0.1, 0.15) is 11.7 Å². The first-order chi connectivity index (χ1) is 20.8. The van der Waals surface area contributed by atoms with Crippen LogP contribution < -0.4 is 21.5 Å². The van der Waals surface area contributed by atoms with Gasteiger partial charge in [0.25, 0.3) is 17.4 Å². The van der Waals surface area contributed by atoms with Gasteiger partial charge < -0.3 is 16.0 Å². The fraction of sp³-hybridized carbons (Fsp3) is 0.118. The highest BCUT2D eigenvalue weighted by molar-refractivity contribution is 6.10. The van der Waals surface area contributed by atoms with Gasteiger partial charge in [0, 0.05) is 19.0 Å². The highest BCUT2D eigenvalue weighted by Crippen LogP contribution is 2.18. The molecule has 3 N–H and O–H groups in total. The van der Waals surface area contributed by atoms with E-state index in [-0.39, 0.29) is 23.6 Å². The van der Waals surface area contributed by atoms with Crippen LogP contribution in [0.25, 0.3) is 5.69 Å². The Morgan fingerprint density at radius 3 is 1.98 bits per heavy atom. The van der Waals surface area contributed by atoms with Crippen LogP contribution in [0, 0.1) is 6.92 Å². The molecule has 9 nitrogen and oxygen atoms in total. The summed E-state index contributed by atoms with van der Waals surface area (Å²) in [6, 6.07) is 32.6. The van der Waals surface area contributed by atoms with Gasteiger partial charge in [-0.05, 0) is 48.9 Å². The number of hydrogen-bond donors (Lipinski definition) is 3. The molecule has 43 heavy (non-hydrogen) atoms. The second-order valence-electron chi connectivity index (χ2n) is 10.0. The lowest BCUT2D eigenvalue weighted by molar-refractivity contribution is -0.118. The number of para-hydroxylation sites is 2. The van der Waals surface area contributed by atoms with Gasteiger partial charge in [-0.15, -0.1) is 0 Å². The number of nitrogens with one attached hydrogen (secondary N) is 3. The lowest BCUT2D eigenvalue weighted by Gasteiger charge is -2.19. The van der Waals surface area contributed by atoms with Gasteiger partial charge in [-0.1, -0.05) is 78.9 Å². The van der Waals surface area contributed by atoms with E-state index in [0.717, 1.165) is 5.56 Å². The third kappa shape index (κ3) is 6.46. The summed E-state index contributed by atoms with van der Waals surface area (Å²) in [5.74, 6) is -1.46. The van der Waals surface area contributed by atoms with Crippen LogP contribution in [0.15, 0.2) is 120 Å². The van der Waals surface area contributed by atoms with Crippen molar-refractivity contribution in [3.63, 3.8) is 0 Å². The fourth-order valence-electron chi connectivity index (χ4n) is 4.79. The van der Waals surface area contributed by atoms with Crippen LogP contribution in [-0.4, -0.2) is 33.1 Å². The topological polar surface area (TPSA) is 114 Å². The Morgan fingerprint density at radius 2 is 1.30 bits per heavy atom. The average Bonchev–Trinajstić information content (AvgIpc) is 3.24. The molecule has 5 rings (SSSR count). The van der Waals surface area contributed by atoms with Crippen molar-refractivity contribution in [3.05, 3.63) is 148 Å². The van der Waals surface area contributed by atoms with Crippen LogP contribution in [0.3, 0.4) is 0 Å². The van der Waals surface area contributed by atoms with E-state index < -0.39 is 23.4 Å². The summed E-state index contributed by atoms with van der Waals surface area (Å²) in [5, 5.41) is 8.40. The zero-order valence-corrected chi connectivity index (χ0v) is 23.8. The van der Waals surface area contributed by atoms with Crippen molar-refractivity contribution in [3.8, 4) is 5.69 Å². The molecule has 1 heterocycles. The first kappa shape index (κ1) is 28.8. The standard InChI is InChI=1S/C34H31N5O4/c1-23-30(34(43)39(38(23)2)26-18-10-5-11-19-26)37-33(42)29(22-24-14-6-3-7-15-24)36-32(41)27-20-12-13-21-28(27)35-31(40)25-16-8-4-9-17-25/h3-21,29H,22H2,1-2H3,(H,35,40)(H,36,41)(H,37,42). The van der Waals surface area contributed by atoms with Crippen LogP contribution in [0.2, 0.25) is 0 Å². The van der Waals surface area contributed by atoms with Crippen molar-refractivity contribution in [2.45, 2.75) is 19.4 Å². The van der Waals surface area contributed by atoms with Crippen LogP contribution >= 0.6 is 0 Å². The van der Waals surface area contributed by atoms with E-state index >= 15 is 0 Å². The van der Waals surface area contributed by atoms with Gasteiger partial charge in [0.05, 0.1) is 22.6 Å². The second kappa shape index (κ2) is 12.9. The molecule has 3 amide bonds. The third-order valence-corrected chi connectivity index (χ3v) is 7.16. The molecule has 0 bridgehead atoms. The van der Waals surface area contributed by atoms with Crippen molar-refractivity contribution < 1.29 is 14.4 Å². The lowest BCUT2D eigenvalue weighted by atomic mass is 10.0. The smallest absolute Gasteiger partial charge is 0.295 e. The van der Waals surface area contributed by atoms with Gasteiger partial charge in [0.2, 0.25) is 5.91 Å². The third-order valence-electron chi connectivity index (χ3n) is 7.16. The quantitative estimate of drug-likeness (QED) is 0.237. The Labute approximate surface area is 248 Å². The van der Waals surface area contributed by atoms with E-state index in [4.69, 9.17) is 0 Å². The molecule has 0 saturated heterocycles. The molecule has 1 unspecified atom stereocenters. The predicted octanol–water partition coefficient (Wildman–Crippen LogP) is 4.72. The molecular formula is C34H31N5O4. The van der Waals surface area contributed by atoms with Crippen LogP contribution in [0.5, 0.6) is 0 Å². The van der Waals surface area contributed by atoms with Crippen molar-refractivity contribution in [1.82, 2.24) is 14.7 Å². The zero-order chi connectivity index (χ0) is 30.3. The van der Waals surface area contributed by atoms with Gasteiger partial charge in [0.15, 0.2) is 0 Å². The maximum absolute atomic E-state index is 13.7. The van der Waals surface area contributed by atoms with E-state index in [1.165, 1.54) is 4.68 Å². The number of nitrogens with zero attached hydrogens (tertiary/aromatic N) is 2. The highest BCUT2D eigenvalue weighted by atomic mass is 16.2. The summed E-state index contributed by atoms with van der Waals surface area (Å²) >= 11 is 0. The first-order valence-electron chi connectivity index (χ1n) is 13.8. The van der Waals surface area contributed by atoms with E-state index in [1.807, 2.05) is 54.6 Å². The van der Waals surface area contributed by atoms with Crippen molar-refractivity contribution in [2.24, 2.45) is 7.05 Å². The molecule has 4 aromatic carbocycles. The molecule has 0 saturated carbocycles. The minimum atomic E-state index is -1.03. The molecule has 216 valence electrons. The van der Waals surface area contributed by atoms with E-state index in [2.05, 4.69) is 16.0 Å². The van der Waals surface area contributed by atoms with Gasteiger partial charge >= 0.3 is 0 Å². The summed E-state index contributed by atoms with van der Waals surface area (Å²) in [7, 11) is 1.74. The molecule has 9 heteroatoms. The van der Waals surface area contributed by atoms with Crippen LogP contribution in [-0.2, 0) is 18.3 Å². The summed E-state index contributed by atoms with van der Waals surface area (Å²) in [6.07, 6.45) is 0.176. The Balaban J connectivity index is 1.42. The Morgan fingerprint density at radius 1 is 0.721 bits per heavy atom. The first-order valence-corrected chi connectivity index (χ1v) is 13.8. The maximum Gasteiger partial charge on any atom is 0.295 e. The summed E-state index contributed by atoms with van der Waals surface area (Å²) in [4.78, 5) is 53.6. The molecule has 5 aromatic rings. The summed E-state index contributed by atoms with van der Waals surface area (Å²) in [6.45, 7) is 1.74. The molecule has 1 atom stereocenters. The average molecular weight is 574 g/mol. The van der Waals surface area contributed by atoms with Gasteiger partial charge in [-0.25, -0.2) is 4.68 Å². The molecule has 0 aliphatic carbocycles. The minimum absolute atomic E-state index is 0.124. The SMILES string of the molecule is Cc1c(NC(=O)C(Cc2ccccc2)NC(=O)c2ccccc2NC(=O)c2ccccc2)c(=O)n(-c2ccccc2)n1C. The Bertz CT molecular complexity index is 1810. The fourth-order valence-corrected chi connectivity index (χ4v) is 4.79. The Kier molecular flexibility index (Phi) is 8.62. The predicted molar refractivity (Wildman–Crippen MR) is 167 cm³/mol. The normalized spacial score (nSPS) is 11.4. The van der Waals surface area contributed by atoms with Crippen LogP contribution in [0.4, 0.5) is 11.4 Å². The monoisotopic (exact) mass is 573 g/mol. The number of carbonyl (C=O) groups is 3. The Hall–Kier alpha value is -5.70. The number of hydrogen-bond acceptors (Lipinski definition) is 4. The van der Waals surface area contributed by atoms with E-state index in [9.17, 15) is 19.2 Å². The molecule has 0 spiro atoms. The zero-order valence-electron chi connectivity index (χ0n) is 23.8. The maximum atomic E-state index is 13.7. The molecular weight excluding hydrogens is 542 g/mol. The molecule has 1 aromatic heterocycles. The van der Waals surface area contributed by atoms with Gasteiger partial charge in [-0.2, -0.15) is 0 Å². The number of amides is 3. The summed E-state index contributed by atoms with van der Waals surface area (Å²) in [5.41, 5.74) is 2.70. The second-order valence-corrected chi connectivity index (χ2v) is 10.0. The molecule has 0 aliphatic heterocycles. The van der Waals surface area contributed by atoms with Crippen molar-refractivity contribution in [1.29, 1.82) is 0 Å². The minimum Gasteiger partial charge on any atom is -0.340 e.